The van der Waals surface area contributed by atoms with Gasteiger partial charge in [0.1, 0.15) is 22.8 Å². The summed E-state index contributed by atoms with van der Waals surface area (Å²) in [4.78, 5) is 22.2. The maximum atomic E-state index is 11.5. The number of nitrogens with zero attached hydrogens (tertiary/aromatic N) is 1. The largest absolute Gasteiger partial charge is 0.507 e. The van der Waals surface area contributed by atoms with Crippen LogP contribution in [-0.2, 0) is 4.74 Å². The van der Waals surface area contributed by atoms with Crippen LogP contribution in [-0.4, -0.2) is 44.6 Å². The molecule has 0 saturated carbocycles. The number of carboxylic acid groups (broad SMARTS) is 1. The molecule has 104 valence electrons. The van der Waals surface area contributed by atoms with Crippen molar-refractivity contribution in [1.82, 2.24) is 10.2 Å². The number of nitrogens with one attached hydrogen (secondary N) is 1. The van der Waals surface area contributed by atoms with Gasteiger partial charge in [-0.05, 0) is 12.1 Å². The fraction of sp³-hybridized carbons (Fsp3) is 0.0833. The third-order valence-corrected chi connectivity index (χ3v) is 2.60. The van der Waals surface area contributed by atoms with Crippen LogP contribution in [0.25, 0.3) is 11.3 Å². The molecule has 1 aromatic carbocycles. The summed E-state index contributed by atoms with van der Waals surface area (Å²) in [5.41, 5.74) is -0.135. The normalized spacial score (nSPS) is 10.2. The fourth-order valence-electron chi connectivity index (χ4n) is 1.63. The van der Waals surface area contributed by atoms with Crippen LogP contribution in [0.1, 0.15) is 20.8 Å². The number of ether oxygens (including phenoxy) is 1. The van der Waals surface area contributed by atoms with Crippen molar-refractivity contribution in [2.24, 2.45) is 0 Å². The molecule has 8 nitrogen and oxygen atoms in total. The minimum absolute atomic E-state index is 0.0898. The number of carboxylic acids is 1. The number of hydrogen-bond donors (Lipinski definition) is 4. The Morgan fingerprint density at radius 1 is 1.20 bits per heavy atom. The average Bonchev–Trinajstić information content (AvgIpc) is 2.87. The van der Waals surface area contributed by atoms with Gasteiger partial charge in [0.2, 0.25) is 0 Å². The lowest BCUT2D eigenvalue weighted by Gasteiger charge is -2.07. The smallest absolute Gasteiger partial charge is 0.353 e. The molecule has 0 saturated heterocycles. The van der Waals surface area contributed by atoms with Crippen molar-refractivity contribution < 1.29 is 29.6 Å². The van der Waals surface area contributed by atoms with Gasteiger partial charge in [-0.3, -0.25) is 5.10 Å². The number of esters is 1. The number of phenols is 2. The third kappa shape index (κ3) is 2.26. The Kier molecular flexibility index (Phi) is 3.30. The number of aromatic amines is 1. The van der Waals surface area contributed by atoms with Gasteiger partial charge in [-0.15, -0.1) is 0 Å². The van der Waals surface area contributed by atoms with Crippen LogP contribution < -0.4 is 0 Å². The Hall–Kier alpha value is -3.03. The van der Waals surface area contributed by atoms with E-state index in [4.69, 9.17) is 5.11 Å². The van der Waals surface area contributed by atoms with Gasteiger partial charge in [-0.25, -0.2) is 9.59 Å². The lowest BCUT2D eigenvalue weighted by molar-refractivity contribution is 0.0596. The van der Waals surface area contributed by atoms with Gasteiger partial charge in [-0.1, -0.05) is 0 Å². The maximum absolute atomic E-state index is 11.5. The number of H-pyrrole nitrogens is 1. The molecule has 0 aliphatic rings. The summed E-state index contributed by atoms with van der Waals surface area (Å²) in [7, 11) is 1.14. The van der Waals surface area contributed by atoms with Gasteiger partial charge >= 0.3 is 11.9 Å². The number of aromatic hydroxyl groups is 2. The molecule has 20 heavy (non-hydrogen) atoms. The van der Waals surface area contributed by atoms with E-state index < -0.39 is 17.7 Å². The summed E-state index contributed by atoms with van der Waals surface area (Å²) in [6.07, 6.45) is 0. The average molecular weight is 278 g/mol. The molecule has 0 atom stereocenters. The first-order valence-electron chi connectivity index (χ1n) is 5.37. The van der Waals surface area contributed by atoms with Crippen molar-refractivity contribution in [3.8, 4) is 22.8 Å². The number of hydrogen-bond acceptors (Lipinski definition) is 6. The monoisotopic (exact) mass is 278 g/mol. The quantitative estimate of drug-likeness (QED) is 0.615. The Bertz CT molecular complexity index is 691. The van der Waals surface area contributed by atoms with Crippen molar-refractivity contribution in [3.05, 3.63) is 29.5 Å². The van der Waals surface area contributed by atoms with Crippen LogP contribution in [0.2, 0.25) is 0 Å². The zero-order chi connectivity index (χ0) is 14.9. The Morgan fingerprint density at radius 2 is 1.90 bits per heavy atom. The van der Waals surface area contributed by atoms with E-state index in [0.717, 1.165) is 19.2 Å². The van der Waals surface area contributed by atoms with Crippen LogP contribution in [0.3, 0.4) is 0 Å². The number of aromatic nitrogens is 2. The number of rotatable bonds is 3. The number of phenolic OH excluding ortho intramolecular Hbond substituents is 2. The number of carbonyl (C=O) groups is 2. The molecule has 1 heterocycles. The summed E-state index contributed by atoms with van der Waals surface area (Å²) >= 11 is 0. The molecule has 0 fully saturated rings. The summed E-state index contributed by atoms with van der Waals surface area (Å²) in [5.74, 6) is -2.81. The van der Waals surface area contributed by atoms with Crippen molar-refractivity contribution in [1.29, 1.82) is 0 Å². The molecule has 0 amide bonds. The number of carbonyl (C=O) groups excluding carboxylic acids is 1. The highest BCUT2D eigenvalue weighted by atomic mass is 16.5. The zero-order valence-corrected chi connectivity index (χ0v) is 10.2. The predicted molar refractivity (Wildman–Crippen MR) is 65.7 cm³/mol. The second kappa shape index (κ2) is 4.92. The van der Waals surface area contributed by atoms with Gasteiger partial charge in [0.05, 0.1) is 12.8 Å². The molecule has 2 rings (SSSR count). The van der Waals surface area contributed by atoms with Gasteiger partial charge in [-0.2, -0.15) is 5.10 Å². The van der Waals surface area contributed by atoms with Crippen LogP contribution in [0.4, 0.5) is 0 Å². The predicted octanol–water partition coefficient (Wildman–Crippen LogP) is 0.973. The van der Waals surface area contributed by atoms with Crippen molar-refractivity contribution in [2.75, 3.05) is 7.11 Å². The molecule has 4 N–H and O–H groups in total. The minimum Gasteiger partial charge on any atom is -0.507 e. The first-order valence-corrected chi connectivity index (χ1v) is 5.37. The number of benzene rings is 1. The topological polar surface area (TPSA) is 133 Å². The first-order chi connectivity index (χ1) is 9.43. The molecule has 0 aliphatic heterocycles. The molecule has 8 heteroatoms. The van der Waals surface area contributed by atoms with Gasteiger partial charge < -0.3 is 20.1 Å². The summed E-state index contributed by atoms with van der Waals surface area (Å²) in [6.45, 7) is 0. The van der Waals surface area contributed by atoms with Crippen molar-refractivity contribution in [3.63, 3.8) is 0 Å². The highest BCUT2D eigenvalue weighted by molar-refractivity contribution is 5.95. The molecular formula is C12H10N2O6. The third-order valence-electron chi connectivity index (χ3n) is 2.60. The summed E-state index contributed by atoms with van der Waals surface area (Å²) in [6, 6.07) is 3.31. The van der Waals surface area contributed by atoms with Crippen LogP contribution in [0.15, 0.2) is 18.2 Å². The summed E-state index contributed by atoms with van der Waals surface area (Å²) < 4.78 is 4.49. The Labute approximate surface area is 112 Å². The SMILES string of the molecule is COC(=O)c1cc(-c2cc(C(=O)O)[nH]n2)c(O)cc1O. The standard InChI is InChI=1S/C12H10N2O6/c1-20-12(19)6-2-5(9(15)4-10(6)16)7-3-8(11(17)18)14-13-7/h2-4,15-16H,1H3,(H,13,14)(H,17,18). The molecule has 0 spiro atoms. The van der Waals surface area contributed by atoms with Crippen molar-refractivity contribution >= 4 is 11.9 Å². The van der Waals surface area contributed by atoms with Crippen LogP contribution >= 0.6 is 0 Å². The number of aromatic carboxylic acids is 1. The van der Waals surface area contributed by atoms with E-state index in [1.165, 1.54) is 6.07 Å². The molecular weight excluding hydrogens is 268 g/mol. The first kappa shape index (κ1) is 13.4. The molecule has 1 aromatic heterocycles. The number of methoxy groups -OCH3 is 1. The van der Waals surface area contributed by atoms with Gasteiger partial charge in [0, 0.05) is 11.6 Å². The van der Waals surface area contributed by atoms with Gasteiger partial charge in [0.15, 0.2) is 0 Å². The molecule has 0 radical (unpaired) electrons. The summed E-state index contributed by atoms with van der Waals surface area (Å²) in [5, 5.41) is 34.1. The lowest BCUT2D eigenvalue weighted by Crippen LogP contribution is -2.02. The zero-order valence-electron chi connectivity index (χ0n) is 10.2. The fourth-order valence-corrected chi connectivity index (χ4v) is 1.63. The minimum atomic E-state index is -1.21. The maximum Gasteiger partial charge on any atom is 0.353 e. The van der Waals surface area contributed by atoms with Crippen LogP contribution in [0, 0.1) is 0 Å². The van der Waals surface area contributed by atoms with E-state index in [2.05, 4.69) is 14.9 Å². The van der Waals surface area contributed by atoms with E-state index in [1.54, 1.807) is 0 Å². The van der Waals surface area contributed by atoms with E-state index in [-0.39, 0.29) is 28.3 Å². The Balaban J connectivity index is 2.55. The molecule has 0 aliphatic carbocycles. The molecule has 0 unspecified atom stereocenters. The molecule has 0 bridgehead atoms. The highest BCUT2D eigenvalue weighted by Crippen LogP contribution is 2.34. The van der Waals surface area contributed by atoms with E-state index in [0.29, 0.717) is 0 Å². The second-order valence-electron chi connectivity index (χ2n) is 3.85. The van der Waals surface area contributed by atoms with E-state index >= 15 is 0 Å². The van der Waals surface area contributed by atoms with Gasteiger partial charge in [0.25, 0.3) is 0 Å². The lowest BCUT2D eigenvalue weighted by atomic mass is 10.1. The highest BCUT2D eigenvalue weighted by Gasteiger charge is 2.19. The van der Waals surface area contributed by atoms with Crippen molar-refractivity contribution in [2.45, 2.75) is 0 Å². The second-order valence-corrected chi connectivity index (χ2v) is 3.85. The Morgan fingerprint density at radius 3 is 2.45 bits per heavy atom. The molecule has 2 aromatic rings. The van der Waals surface area contributed by atoms with Crippen LogP contribution in [0.5, 0.6) is 11.5 Å². The van der Waals surface area contributed by atoms with E-state index in [9.17, 15) is 19.8 Å². The van der Waals surface area contributed by atoms with E-state index in [1.807, 2.05) is 0 Å².